The Kier molecular flexibility index (Phi) is 7.39. The molecule has 0 aliphatic rings. The lowest BCUT2D eigenvalue weighted by Crippen LogP contribution is -2.49. The van der Waals surface area contributed by atoms with Gasteiger partial charge in [-0.2, -0.15) is 0 Å². The number of benzene rings is 2. The summed E-state index contributed by atoms with van der Waals surface area (Å²) < 4.78 is 0. The first-order valence-corrected chi connectivity index (χ1v) is 9.22. The van der Waals surface area contributed by atoms with Gasteiger partial charge in [0.05, 0.1) is 6.42 Å². The summed E-state index contributed by atoms with van der Waals surface area (Å²) in [6.07, 6.45) is 0.883. The van der Waals surface area contributed by atoms with E-state index in [4.69, 9.17) is 0 Å². The van der Waals surface area contributed by atoms with Crippen LogP contribution in [0.15, 0.2) is 54.6 Å². The third-order valence-corrected chi connectivity index (χ3v) is 4.54. The lowest BCUT2D eigenvalue weighted by molar-refractivity contribution is -0.140. The Morgan fingerprint density at radius 3 is 2.27 bits per heavy atom. The van der Waals surface area contributed by atoms with Gasteiger partial charge in [-0.3, -0.25) is 9.59 Å². The van der Waals surface area contributed by atoms with Gasteiger partial charge in [-0.1, -0.05) is 61.5 Å². The summed E-state index contributed by atoms with van der Waals surface area (Å²) in [5.41, 5.74) is 3.11. The molecule has 0 aliphatic heterocycles. The highest BCUT2D eigenvalue weighted by Gasteiger charge is 2.28. The molecule has 1 N–H and O–H groups in total. The quantitative estimate of drug-likeness (QED) is 0.791. The number of rotatable bonds is 8. The van der Waals surface area contributed by atoms with Gasteiger partial charge in [-0.15, -0.1) is 0 Å². The van der Waals surface area contributed by atoms with E-state index < -0.39 is 6.04 Å². The highest BCUT2D eigenvalue weighted by Crippen LogP contribution is 2.16. The van der Waals surface area contributed by atoms with Crippen LogP contribution in [0.25, 0.3) is 0 Å². The Labute approximate surface area is 156 Å². The fraction of sp³-hybridized carbons (Fsp3) is 0.364. The molecule has 2 amide bonds. The van der Waals surface area contributed by atoms with Gasteiger partial charge in [0.15, 0.2) is 0 Å². The second kappa shape index (κ2) is 9.76. The second-order valence-electron chi connectivity index (χ2n) is 6.43. The van der Waals surface area contributed by atoms with Crippen molar-refractivity contribution in [1.29, 1.82) is 0 Å². The molecular weight excluding hydrogens is 324 g/mol. The average Bonchev–Trinajstić information content (AvgIpc) is 2.64. The Bertz CT molecular complexity index is 728. The number of hydrogen-bond acceptors (Lipinski definition) is 2. The molecule has 4 heteroatoms. The third kappa shape index (κ3) is 5.19. The summed E-state index contributed by atoms with van der Waals surface area (Å²) in [6, 6.07) is 17.2. The Morgan fingerprint density at radius 1 is 1.00 bits per heavy atom. The third-order valence-electron chi connectivity index (χ3n) is 4.54. The van der Waals surface area contributed by atoms with Crippen LogP contribution in [0.3, 0.4) is 0 Å². The molecule has 1 atom stereocenters. The number of aryl methyl sites for hydroxylation is 1. The number of nitrogens with zero attached hydrogens (tertiary/aromatic N) is 1. The van der Waals surface area contributed by atoms with Crippen LogP contribution >= 0.6 is 0 Å². The summed E-state index contributed by atoms with van der Waals surface area (Å²) >= 11 is 0. The zero-order valence-electron chi connectivity index (χ0n) is 15.9. The van der Waals surface area contributed by atoms with Crippen molar-refractivity contribution in [3.8, 4) is 0 Å². The lowest BCUT2D eigenvalue weighted by Gasteiger charge is -2.31. The highest BCUT2D eigenvalue weighted by molar-refractivity contribution is 5.88. The molecule has 0 aromatic heterocycles. The van der Waals surface area contributed by atoms with Crippen LogP contribution in [0.4, 0.5) is 0 Å². The molecule has 2 rings (SSSR count). The maximum Gasteiger partial charge on any atom is 0.242 e. The van der Waals surface area contributed by atoms with E-state index in [1.54, 1.807) is 4.90 Å². The molecule has 4 nitrogen and oxygen atoms in total. The van der Waals surface area contributed by atoms with Crippen molar-refractivity contribution < 1.29 is 9.59 Å². The van der Waals surface area contributed by atoms with Gasteiger partial charge in [-0.05, 0) is 37.0 Å². The van der Waals surface area contributed by atoms with Crippen molar-refractivity contribution in [1.82, 2.24) is 10.2 Å². The van der Waals surface area contributed by atoms with E-state index in [1.165, 1.54) is 0 Å². The molecule has 138 valence electrons. The summed E-state index contributed by atoms with van der Waals surface area (Å²) in [4.78, 5) is 27.4. The van der Waals surface area contributed by atoms with E-state index >= 15 is 0 Å². The summed E-state index contributed by atoms with van der Waals surface area (Å²) in [5, 5.41) is 2.86. The summed E-state index contributed by atoms with van der Waals surface area (Å²) in [7, 11) is 0. The van der Waals surface area contributed by atoms with Gasteiger partial charge < -0.3 is 10.2 Å². The molecular formula is C22H28N2O2. The molecule has 0 fully saturated rings. The fourth-order valence-corrected chi connectivity index (χ4v) is 3.06. The Morgan fingerprint density at radius 2 is 1.65 bits per heavy atom. The first kappa shape index (κ1) is 19.7. The molecule has 26 heavy (non-hydrogen) atoms. The monoisotopic (exact) mass is 352 g/mol. The second-order valence-corrected chi connectivity index (χ2v) is 6.43. The smallest absolute Gasteiger partial charge is 0.242 e. The summed E-state index contributed by atoms with van der Waals surface area (Å²) in [6.45, 7) is 6.83. The minimum Gasteiger partial charge on any atom is -0.355 e. The van der Waals surface area contributed by atoms with E-state index in [0.29, 0.717) is 25.9 Å². The predicted octanol–water partition coefficient (Wildman–Crippen LogP) is 3.48. The first-order chi connectivity index (χ1) is 12.6. The van der Waals surface area contributed by atoms with E-state index in [1.807, 2.05) is 75.4 Å². The van der Waals surface area contributed by atoms with Crippen molar-refractivity contribution >= 4 is 11.8 Å². The van der Waals surface area contributed by atoms with Crippen molar-refractivity contribution in [2.75, 3.05) is 6.54 Å². The minimum absolute atomic E-state index is 0.0266. The van der Waals surface area contributed by atoms with E-state index in [9.17, 15) is 9.59 Å². The fourth-order valence-electron chi connectivity index (χ4n) is 3.06. The molecule has 0 radical (unpaired) electrons. The molecule has 2 aromatic rings. The van der Waals surface area contributed by atoms with Gasteiger partial charge in [0.1, 0.15) is 6.04 Å². The van der Waals surface area contributed by atoms with E-state index in [2.05, 4.69) is 5.32 Å². The first-order valence-electron chi connectivity index (χ1n) is 9.22. The SMILES string of the molecule is CCNC(=O)[C@H](CC)N(Cc1ccccc1)C(=O)Cc1ccccc1C. The van der Waals surface area contributed by atoms with Crippen LogP contribution in [0.1, 0.15) is 37.0 Å². The Hall–Kier alpha value is -2.62. The zero-order chi connectivity index (χ0) is 18.9. The topological polar surface area (TPSA) is 49.4 Å². The molecule has 0 aliphatic carbocycles. The molecule has 2 aromatic carbocycles. The number of carbonyl (C=O) groups is 2. The van der Waals surface area contributed by atoms with E-state index in [-0.39, 0.29) is 11.8 Å². The van der Waals surface area contributed by atoms with Crippen molar-refractivity contribution in [2.45, 2.75) is 46.2 Å². The van der Waals surface area contributed by atoms with Gasteiger partial charge in [0.2, 0.25) is 11.8 Å². The summed E-state index contributed by atoms with van der Waals surface area (Å²) in [5.74, 6) is -0.120. The number of carbonyl (C=O) groups excluding carboxylic acids is 2. The van der Waals surface area contributed by atoms with Crippen LogP contribution in [0.2, 0.25) is 0 Å². The van der Waals surface area contributed by atoms with Crippen molar-refractivity contribution in [2.24, 2.45) is 0 Å². The number of hydrogen-bond donors (Lipinski definition) is 1. The lowest BCUT2D eigenvalue weighted by atomic mass is 10.0. The highest BCUT2D eigenvalue weighted by atomic mass is 16.2. The van der Waals surface area contributed by atoms with Crippen LogP contribution in [-0.4, -0.2) is 29.3 Å². The maximum absolute atomic E-state index is 13.1. The zero-order valence-corrected chi connectivity index (χ0v) is 15.9. The van der Waals surface area contributed by atoms with Crippen LogP contribution in [0, 0.1) is 6.92 Å². The number of amides is 2. The molecule has 0 saturated carbocycles. The molecule has 0 bridgehead atoms. The largest absolute Gasteiger partial charge is 0.355 e. The predicted molar refractivity (Wildman–Crippen MR) is 105 cm³/mol. The van der Waals surface area contributed by atoms with Crippen LogP contribution < -0.4 is 5.32 Å². The number of nitrogens with one attached hydrogen (secondary N) is 1. The normalized spacial score (nSPS) is 11.7. The van der Waals surface area contributed by atoms with Crippen molar-refractivity contribution in [3.05, 3.63) is 71.3 Å². The van der Waals surface area contributed by atoms with E-state index in [0.717, 1.165) is 16.7 Å². The Balaban J connectivity index is 2.27. The van der Waals surface area contributed by atoms with Crippen molar-refractivity contribution in [3.63, 3.8) is 0 Å². The van der Waals surface area contributed by atoms with Gasteiger partial charge in [0, 0.05) is 13.1 Å². The maximum atomic E-state index is 13.1. The van der Waals surface area contributed by atoms with Crippen LogP contribution in [0.5, 0.6) is 0 Å². The van der Waals surface area contributed by atoms with Gasteiger partial charge in [-0.25, -0.2) is 0 Å². The molecule has 0 saturated heterocycles. The van der Waals surface area contributed by atoms with Gasteiger partial charge in [0.25, 0.3) is 0 Å². The molecule has 0 unspecified atom stereocenters. The van der Waals surface area contributed by atoms with Gasteiger partial charge >= 0.3 is 0 Å². The standard InChI is InChI=1S/C22H28N2O2/c1-4-20(22(26)23-5-2)24(16-18-12-7-6-8-13-18)21(25)15-19-14-10-9-11-17(19)3/h6-14,20H,4-5,15-16H2,1-3H3,(H,23,26)/t20-/m0/s1. The average molecular weight is 352 g/mol. The molecule has 0 heterocycles. The number of likely N-dealkylation sites (N-methyl/N-ethyl adjacent to an activating group) is 1. The minimum atomic E-state index is -0.466. The molecule has 0 spiro atoms. The van der Waals surface area contributed by atoms with Crippen LogP contribution in [-0.2, 0) is 22.6 Å².